The monoisotopic (exact) mass is 613 g/mol. The second-order valence-corrected chi connectivity index (χ2v) is 12.0. The highest BCUT2D eigenvalue weighted by Crippen LogP contribution is 2.15. The fraction of sp³-hybridized carbons (Fsp3) is 0.700. The van der Waals surface area contributed by atoms with Gasteiger partial charge in [0.2, 0.25) is 0 Å². The van der Waals surface area contributed by atoms with Crippen molar-refractivity contribution in [3.63, 3.8) is 0 Å². The molecule has 44 heavy (non-hydrogen) atoms. The van der Waals surface area contributed by atoms with Crippen LogP contribution in [0.4, 0.5) is 0 Å². The smallest absolute Gasteiger partial charge is 0.306 e. The van der Waals surface area contributed by atoms with Gasteiger partial charge in [0.25, 0.3) is 0 Å². The number of allylic oxidation sites excluding steroid dienone is 9. The zero-order valence-electron chi connectivity index (χ0n) is 28.7. The Morgan fingerprint density at radius 1 is 0.545 bits per heavy atom. The highest BCUT2D eigenvalue weighted by molar-refractivity contribution is 5.69. The largest absolute Gasteiger partial charge is 0.481 e. The molecule has 0 spiro atoms. The van der Waals surface area contributed by atoms with Gasteiger partial charge in [0.15, 0.2) is 0 Å². The van der Waals surface area contributed by atoms with Crippen LogP contribution in [0.3, 0.4) is 0 Å². The Morgan fingerprint density at radius 2 is 1.02 bits per heavy atom. The van der Waals surface area contributed by atoms with Crippen LogP contribution in [0.25, 0.3) is 0 Å². The molecule has 4 heteroatoms. The summed E-state index contributed by atoms with van der Waals surface area (Å²) >= 11 is 0. The molecule has 0 saturated carbocycles. The number of carbonyl (C=O) groups excluding carboxylic acids is 1. The summed E-state index contributed by atoms with van der Waals surface area (Å²) in [5.74, 6) is -0.805. The van der Waals surface area contributed by atoms with E-state index < -0.39 is 5.97 Å². The number of carbonyl (C=O) groups is 2. The van der Waals surface area contributed by atoms with Crippen molar-refractivity contribution in [3.8, 4) is 0 Å². The number of esters is 1. The second-order valence-electron chi connectivity index (χ2n) is 12.0. The summed E-state index contributed by atoms with van der Waals surface area (Å²) in [7, 11) is 0. The minimum atomic E-state index is -0.726. The lowest BCUT2D eigenvalue weighted by Gasteiger charge is -2.15. The van der Waals surface area contributed by atoms with Gasteiger partial charge in [-0.25, -0.2) is 0 Å². The summed E-state index contributed by atoms with van der Waals surface area (Å²) in [6.07, 6.45) is 48.2. The molecule has 1 N–H and O–H groups in total. The summed E-state index contributed by atoms with van der Waals surface area (Å²) < 4.78 is 5.85. The van der Waals surface area contributed by atoms with Gasteiger partial charge in [-0.15, -0.1) is 0 Å². The minimum absolute atomic E-state index is 0.0792. The zero-order valence-corrected chi connectivity index (χ0v) is 28.7. The summed E-state index contributed by atoms with van der Waals surface area (Å²) in [6.45, 7) is 4.40. The molecule has 0 aromatic carbocycles. The maximum absolute atomic E-state index is 12.5. The minimum Gasteiger partial charge on any atom is -0.481 e. The zero-order chi connectivity index (χ0) is 32.2. The Balaban J connectivity index is 4.01. The molecule has 0 bridgehead atoms. The molecule has 0 aliphatic rings. The van der Waals surface area contributed by atoms with Crippen molar-refractivity contribution in [3.05, 3.63) is 60.8 Å². The second kappa shape index (κ2) is 35.1. The van der Waals surface area contributed by atoms with E-state index in [1.54, 1.807) is 0 Å². The standard InChI is InChI=1S/C40H68O4/c1-3-5-7-9-11-13-14-15-16-17-18-19-20-21-22-23-25-27-33-37-40(43)44-38(35-31-28-29-32-36-39(41)42)34-30-26-24-12-10-8-6-4-2/h5,7,11,13,15-16,18-19,30,34,38H,3-4,6,8-10,12,14,17,20-29,31-33,35-37H2,1-2H3,(H,41,42)/b7-5-,13-11-,16-15-,19-18-,34-30-. The quantitative estimate of drug-likeness (QED) is 0.0466. The maximum atomic E-state index is 12.5. The normalized spacial score (nSPS) is 13.0. The van der Waals surface area contributed by atoms with Crippen molar-refractivity contribution >= 4 is 11.9 Å². The summed E-state index contributed by atoms with van der Waals surface area (Å²) in [6, 6.07) is 0. The average molecular weight is 613 g/mol. The van der Waals surface area contributed by atoms with Crippen LogP contribution in [0.15, 0.2) is 60.8 Å². The third-order valence-electron chi connectivity index (χ3n) is 7.71. The number of rotatable bonds is 32. The molecule has 0 aromatic rings. The number of hydrogen-bond donors (Lipinski definition) is 1. The lowest BCUT2D eigenvalue weighted by molar-refractivity contribution is -0.147. The Bertz CT molecular complexity index is 789. The number of hydrogen-bond acceptors (Lipinski definition) is 3. The van der Waals surface area contributed by atoms with Crippen molar-refractivity contribution in [2.45, 2.75) is 180 Å². The van der Waals surface area contributed by atoms with Crippen LogP contribution in [0, 0.1) is 0 Å². The summed E-state index contributed by atoms with van der Waals surface area (Å²) in [5.41, 5.74) is 0. The number of carboxylic acids is 1. The first-order valence-corrected chi connectivity index (χ1v) is 18.3. The molecule has 0 heterocycles. The van der Waals surface area contributed by atoms with E-state index in [1.165, 1.54) is 64.2 Å². The highest BCUT2D eigenvalue weighted by Gasteiger charge is 2.11. The van der Waals surface area contributed by atoms with E-state index in [4.69, 9.17) is 9.84 Å². The van der Waals surface area contributed by atoms with E-state index in [0.29, 0.717) is 6.42 Å². The predicted molar refractivity (Wildman–Crippen MR) is 190 cm³/mol. The first kappa shape index (κ1) is 41.6. The van der Waals surface area contributed by atoms with Crippen molar-refractivity contribution in [2.75, 3.05) is 0 Å². The van der Waals surface area contributed by atoms with Crippen molar-refractivity contribution in [1.29, 1.82) is 0 Å². The van der Waals surface area contributed by atoms with Gasteiger partial charge < -0.3 is 9.84 Å². The van der Waals surface area contributed by atoms with E-state index in [1.807, 2.05) is 0 Å². The number of ether oxygens (including phenoxy) is 1. The predicted octanol–water partition coefficient (Wildman–Crippen LogP) is 12.6. The average Bonchev–Trinajstić information content (AvgIpc) is 3.01. The third kappa shape index (κ3) is 34.1. The lowest BCUT2D eigenvalue weighted by Crippen LogP contribution is -2.16. The number of carboxylic acid groups (broad SMARTS) is 1. The molecule has 0 amide bonds. The molecule has 4 nitrogen and oxygen atoms in total. The fourth-order valence-corrected chi connectivity index (χ4v) is 5.02. The third-order valence-corrected chi connectivity index (χ3v) is 7.71. The fourth-order valence-electron chi connectivity index (χ4n) is 5.02. The molecule has 252 valence electrons. The molecule has 1 atom stereocenters. The van der Waals surface area contributed by atoms with Gasteiger partial charge in [-0.3, -0.25) is 9.59 Å². The molecule has 0 aromatic heterocycles. The topological polar surface area (TPSA) is 63.6 Å². The van der Waals surface area contributed by atoms with Crippen LogP contribution in [-0.4, -0.2) is 23.1 Å². The van der Waals surface area contributed by atoms with E-state index in [-0.39, 0.29) is 18.5 Å². The van der Waals surface area contributed by atoms with E-state index in [0.717, 1.165) is 83.5 Å². The van der Waals surface area contributed by atoms with Crippen LogP contribution in [-0.2, 0) is 14.3 Å². The Morgan fingerprint density at radius 3 is 1.61 bits per heavy atom. The molecule has 0 fully saturated rings. The SMILES string of the molecule is CC/C=C\C/C=C\C/C=C\C/C=C\CCCCCCCCC(=O)OC(/C=C\CCCCCCCC)CCCCCCC(=O)O. The van der Waals surface area contributed by atoms with Gasteiger partial charge in [-0.05, 0) is 83.1 Å². The van der Waals surface area contributed by atoms with Crippen LogP contribution in [0.2, 0.25) is 0 Å². The van der Waals surface area contributed by atoms with Crippen LogP contribution in [0.1, 0.15) is 174 Å². The molecule has 0 aliphatic heterocycles. The molecular weight excluding hydrogens is 544 g/mol. The maximum Gasteiger partial charge on any atom is 0.306 e. The van der Waals surface area contributed by atoms with Gasteiger partial charge in [0.1, 0.15) is 6.10 Å². The van der Waals surface area contributed by atoms with E-state index >= 15 is 0 Å². The van der Waals surface area contributed by atoms with Gasteiger partial charge >= 0.3 is 11.9 Å². The van der Waals surface area contributed by atoms with Crippen molar-refractivity contribution in [1.82, 2.24) is 0 Å². The van der Waals surface area contributed by atoms with E-state index in [9.17, 15) is 9.59 Å². The molecule has 0 radical (unpaired) electrons. The highest BCUT2D eigenvalue weighted by atomic mass is 16.5. The summed E-state index contributed by atoms with van der Waals surface area (Å²) in [4.78, 5) is 23.2. The molecule has 0 rings (SSSR count). The van der Waals surface area contributed by atoms with Gasteiger partial charge in [-0.1, -0.05) is 139 Å². The molecule has 1 unspecified atom stereocenters. The number of unbranched alkanes of at least 4 members (excludes halogenated alkanes) is 15. The first-order chi connectivity index (χ1) is 21.6. The first-order valence-electron chi connectivity index (χ1n) is 18.3. The van der Waals surface area contributed by atoms with Crippen LogP contribution < -0.4 is 0 Å². The molecule has 0 saturated heterocycles. The van der Waals surface area contributed by atoms with Crippen molar-refractivity contribution < 1.29 is 19.4 Å². The van der Waals surface area contributed by atoms with Gasteiger partial charge in [0, 0.05) is 12.8 Å². The number of aliphatic carboxylic acids is 1. The van der Waals surface area contributed by atoms with E-state index in [2.05, 4.69) is 74.6 Å². The van der Waals surface area contributed by atoms with Crippen LogP contribution >= 0.6 is 0 Å². The summed E-state index contributed by atoms with van der Waals surface area (Å²) in [5, 5.41) is 8.81. The van der Waals surface area contributed by atoms with Gasteiger partial charge in [0.05, 0.1) is 0 Å². The Hall–Kier alpha value is -2.36. The Labute approximate surface area is 272 Å². The van der Waals surface area contributed by atoms with Crippen molar-refractivity contribution in [2.24, 2.45) is 0 Å². The van der Waals surface area contributed by atoms with Crippen LogP contribution in [0.5, 0.6) is 0 Å². The van der Waals surface area contributed by atoms with Gasteiger partial charge in [-0.2, -0.15) is 0 Å². The Kier molecular flexibility index (Phi) is 33.2. The molecule has 0 aliphatic carbocycles. The lowest BCUT2D eigenvalue weighted by atomic mass is 10.1. The molecular formula is C40H68O4.